The van der Waals surface area contributed by atoms with Crippen LogP contribution in [0.1, 0.15) is 25.7 Å². The SMILES string of the molecule is Oc1cc(Cl)cc(F)c1-c1nnc(N[C@@H]2CCC[C@H](O)C2)c2cnccc12. The lowest BCUT2D eigenvalue weighted by Gasteiger charge is -2.27. The van der Waals surface area contributed by atoms with Gasteiger partial charge >= 0.3 is 0 Å². The molecule has 0 radical (unpaired) electrons. The first-order chi connectivity index (χ1) is 13.0. The highest BCUT2D eigenvalue weighted by Gasteiger charge is 2.23. The fraction of sp³-hybridized carbons (Fsp3) is 0.316. The molecule has 3 N–H and O–H groups in total. The maximum absolute atomic E-state index is 14.5. The topological polar surface area (TPSA) is 91.2 Å². The number of benzene rings is 1. The van der Waals surface area contributed by atoms with Crippen LogP contribution in [0.4, 0.5) is 10.2 Å². The van der Waals surface area contributed by atoms with Crippen molar-refractivity contribution in [3.63, 3.8) is 0 Å². The number of nitrogens with one attached hydrogen (secondary N) is 1. The second-order valence-corrected chi connectivity index (χ2v) is 7.20. The first kappa shape index (κ1) is 17.9. The maximum atomic E-state index is 14.5. The van der Waals surface area contributed by atoms with Crippen molar-refractivity contribution >= 4 is 28.2 Å². The van der Waals surface area contributed by atoms with Crippen molar-refractivity contribution in [3.8, 4) is 17.0 Å². The molecule has 4 rings (SSSR count). The zero-order chi connectivity index (χ0) is 19.0. The Hall–Kier alpha value is -2.51. The molecular formula is C19H18ClFN4O2. The molecule has 140 valence electrons. The number of aromatic nitrogens is 3. The molecule has 3 aromatic rings. The Balaban J connectivity index is 1.79. The number of aromatic hydroxyl groups is 1. The summed E-state index contributed by atoms with van der Waals surface area (Å²) in [5.74, 6) is -0.457. The van der Waals surface area contributed by atoms with Gasteiger partial charge < -0.3 is 15.5 Å². The average Bonchev–Trinajstić information content (AvgIpc) is 2.62. The van der Waals surface area contributed by atoms with Gasteiger partial charge in [-0.05, 0) is 43.9 Å². The Bertz CT molecular complexity index is 978. The highest BCUT2D eigenvalue weighted by Crippen LogP contribution is 2.38. The van der Waals surface area contributed by atoms with E-state index in [1.807, 2.05) is 0 Å². The molecule has 6 nitrogen and oxygen atoms in total. The molecule has 1 fully saturated rings. The first-order valence-electron chi connectivity index (χ1n) is 8.76. The Labute approximate surface area is 160 Å². The number of aliphatic hydroxyl groups is 1. The summed E-state index contributed by atoms with van der Waals surface area (Å²) in [6.45, 7) is 0. The predicted molar refractivity (Wildman–Crippen MR) is 101 cm³/mol. The van der Waals surface area contributed by atoms with E-state index in [9.17, 15) is 14.6 Å². The lowest BCUT2D eigenvalue weighted by Crippen LogP contribution is -2.30. The minimum atomic E-state index is -0.677. The van der Waals surface area contributed by atoms with Gasteiger partial charge in [-0.1, -0.05) is 11.6 Å². The summed E-state index contributed by atoms with van der Waals surface area (Å²) in [7, 11) is 0. The van der Waals surface area contributed by atoms with E-state index in [2.05, 4.69) is 20.5 Å². The Morgan fingerprint density at radius 3 is 2.81 bits per heavy atom. The van der Waals surface area contributed by atoms with Gasteiger partial charge in [0.05, 0.1) is 11.7 Å². The summed E-state index contributed by atoms with van der Waals surface area (Å²) >= 11 is 5.80. The lowest BCUT2D eigenvalue weighted by atomic mass is 9.93. The quantitative estimate of drug-likeness (QED) is 0.630. The third-order valence-electron chi connectivity index (χ3n) is 4.84. The smallest absolute Gasteiger partial charge is 0.158 e. The van der Waals surface area contributed by atoms with E-state index in [1.54, 1.807) is 18.5 Å². The minimum Gasteiger partial charge on any atom is -0.507 e. The highest BCUT2D eigenvalue weighted by atomic mass is 35.5. The Morgan fingerprint density at radius 2 is 2.04 bits per heavy atom. The zero-order valence-electron chi connectivity index (χ0n) is 14.4. The normalized spacial score (nSPS) is 20.0. The number of fused-ring (bicyclic) bond motifs is 1. The summed E-state index contributed by atoms with van der Waals surface area (Å²) < 4.78 is 14.5. The zero-order valence-corrected chi connectivity index (χ0v) is 15.1. The second kappa shape index (κ2) is 7.25. The van der Waals surface area contributed by atoms with Crippen LogP contribution in [-0.2, 0) is 0 Å². The van der Waals surface area contributed by atoms with Gasteiger partial charge in [-0.3, -0.25) is 4.98 Å². The van der Waals surface area contributed by atoms with E-state index in [0.29, 0.717) is 23.0 Å². The molecule has 0 saturated heterocycles. The van der Waals surface area contributed by atoms with Gasteiger partial charge in [-0.25, -0.2) is 4.39 Å². The number of rotatable bonds is 3. The summed E-state index contributed by atoms with van der Waals surface area (Å²) in [4.78, 5) is 4.14. The van der Waals surface area contributed by atoms with Crippen molar-refractivity contribution in [2.24, 2.45) is 0 Å². The third kappa shape index (κ3) is 3.52. The number of hydrogen-bond donors (Lipinski definition) is 3. The van der Waals surface area contributed by atoms with E-state index in [4.69, 9.17) is 11.6 Å². The van der Waals surface area contributed by atoms with Crippen LogP contribution in [0.25, 0.3) is 22.0 Å². The summed E-state index contributed by atoms with van der Waals surface area (Å²) in [5, 5.41) is 33.1. The van der Waals surface area contributed by atoms with Gasteiger partial charge in [-0.2, -0.15) is 0 Å². The number of aliphatic hydroxyl groups excluding tert-OH is 1. The van der Waals surface area contributed by atoms with Gasteiger partial charge in [0.15, 0.2) is 5.82 Å². The lowest BCUT2D eigenvalue weighted by molar-refractivity contribution is 0.124. The van der Waals surface area contributed by atoms with E-state index in [0.717, 1.165) is 25.3 Å². The van der Waals surface area contributed by atoms with Crippen LogP contribution in [0.5, 0.6) is 5.75 Å². The largest absolute Gasteiger partial charge is 0.507 e. The van der Waals surface area contributed by atoms with Gasteiger partial charge in [0.25, 0.3) is 0 Å². The molecule has 0 aliphatic heterocycles. The van der Waals surface area contributed by atoms with Crippen molar-refractivity contribution in [1.82, 2.24) is 15.2 Å². The maximum Gasteiger partial charge on any atom is 0.158 e. The van der Waals surface area contributed by atoms with Crippen LogP contribution in [0.2, 0.25) is 5.02 Å². The van der Waals surface area contributed by atoms with Gasteiger partial charge in [-0.15, -0.1) is 10.2 Å². The molecule has 0 amide bonds. The molecule has 8 heteroatoms. The summed E-state index contributed by atoms with van der Waals surface area (Å²) in [6.07, 6.45) is 6.18. The molecule has 2 aromatic heterocycles. The standard InChI is InChI=1S/C19H18ClFN4O2/c20-10-6-15(21)17(16(27)7-10)18-13-4-5-22-9-14(13)19(25-24-18)23-11-2-1-3-12(26)8-11/h4-7,9,11-12,26-27H,1-3,8H2,(H,23,25)/t11-,12+/m1/s1. The predicted octanol–water partition coefficient (Wildman–Crippen LogP) is 3.91. The molecular weight excluding hydrogens is 371 g/mol. The molecule has 2 atom stereocenters. The molecule has 0 bridgehead atoms. The van der Waals surface area contributed by atoms with Crippen LogP contribution < -0.4 is 5.32 Å². The molecule has 1 aliphatic rings. The number of phenols is 1. The number of nitrogens with zero attached hydrogens (tertiary/aromatic N) is 3. The minimum absolute atomic E-state index is 0.0530. The van der Waals surface area contributed by atoms with E-state index in [1.165, 1.54) is 6.07 Å². The third-order valence-corrected chi connectivity index (χ3v) is 5.06. The molecule has 1 aromatic carbocycles. The Morgan fingerprint density at radius 1 is 1.19 bits per heavy atom. The highest BCUT2D eigenvalue weighted by molar-refractivity contribution is 6.30. The summed E-state index contributed by atoms with van der Waals surface area (Å²) in [6, 6.07) is 4.18. The van der Waals surface area contributed by atoms with E-state index >= 15 is 0 Å². The van der Waals surface area contributed by atoms with Crippen molar-refractivity contribution < 1.29 is 14.6 Å². The first-order valence-corrected chi connectivity index (χ1v) is 9.14. The second-order valence-electron chi connectivity index (χ2n) is 6.76. The van der Waals surface area contributed by atoms with Crippen molar-refractivity contribution in [2.45, 2.75) is 37.8 Å². The molecule has 1 aliphatic carbocycles. The van der Waals surface area contributed by atoms with Crippen LogP contribution >= 0.6 is 11.6 Å². The molecule has 27 heavy (non-hydrogen) atoms. The van der Waals surface area contributed by atoms with Crippen molar-refractivity contribution in [1.29, 1.82) is 0 Å². The molecule has 0 unspecified atom stereocenters. The number of halogens is 2. The van der Waals surface area contributed by atoms with Crippen LogP contribution in [0.15, 0.2) is 30.6 Å². The molecule has 0 spiro atoms. The van der Waals surface area contributed by atoms with Crippen molar-refractivity contribution in [2.75, 3.05) is 5.32 Å². The fourth-order valence-electron chi connectivity index (χ4n) is 3.57. The van der Waals surface area contributed by atoms with Gasteiger partial charge in [0, 0.05) is 34.2 Å². The fourth-order valence-corrected chi connectivity index (χ4v) is 3.77. The van der Waals surface area contributed by atoms with E-state index in [-0.39, 0.29) is 34.2 Å². The molecule has 2 heterocycles. The average molecular weight is 389 g/mol. The van der Waals surface area contributed by atoms with Gasteiger partial charge in [0.2, 0.25) is 0 Å². The number of phenolic OH excluding ortho intramolecular Hbond substituents is 1. The molecule has 1 saturated carbocycles. The van der Waals surface area contributed by atoms with Crippen LogP contribution in [0.3, 0.4) is 0 Å². The number of hydrogen-bond acceptors (Lipinski definition) is 6. The Kier molecular flexibility index (Phi) is 4.80. The van der Waals surface area contributed by atoms with Crippen LogP contribution in [-0.4, -0.2) is 37.5 Å². The van der Waals surface area contributed by atoms with E-state index < -0.39 is 5.82 Å². The number of anilines is 1. The van der Waals surface area contributed by atoms with Gasteiger partial charge in [0.1, 0.15) is 17.3 Å². The van der Waals surface area contributed by atoms with Crippen molar-refractivity contribution in [3.05, 3.63) is 41.4 Å². The number of pyridine rings is 1. The summed E-state index contributed by atoms with van der Waals surface area (Å²) in [5.41, 5.74) is 0.163. The van der Waals surface area contributed by atoms with Crippen LogP contribution in [0, 0.1) is 5.82 Å². The monoisotopic (exact) mass is 388 g/mol.